The van der Waals surface area contributed by atoms with Crippen molar-refractivity contribution < 1.29 is 9.53 Å². The van der Waals surface area contributed by atoms with Crippen molar-refractivity contribution in [1.29, 1.82) is 0 Å². The lowest BCUT2D eigenvalue weighted by Gasteiger charge is -2.02. The normalized spacial score (nSPS) is 11.2. The van der Waals surface area contributed by atoms with Crippen molar-refractivity contribution in [2.75, 3.05) is 12.4 Å². The molecule has 0 aliphatic heterocycles. The van der Waals surface area contributed by atoms with Gasteiger partial charge in [0.05, 0.1) is 33.9 Å². The SMILES string of the molecule is COC(=O)c1ccc2c(c1)nc(Nc1nc3ccc(C)cc3s1)n2C. The second-order valence-corrected chi connectivity index (χ2v) is 6.84. The van der Waals surface area contributed by atoms with Gasteiger partial charge in [-0.3, -0.25) is 0 Å². The number of hydrogen-bond acceptors (Lipinski definition) is 6. The summed E-state index contributed by atoms with van der Waals surface area (Å²) in [6, 6.07) is 11.5. The Hall–Kier alpha value is -2.93. The number of thiazole rings is 1. The maximum atomic E-state index is 11.7. The minimum atomic E-state index is -0.372. The largest absolute Gasteiger partial charge is 0.465 e. The molecule has 0 saturated carbocycles. The highest BCUT2D eigenvalue weighted by atomic mass is 32.1. The molecule has 0 radical (unpaired) electrons. The van der Waals surface area contributed by atoms with Crippen molar-refractivity contribution >= 4 is 49.6 Å². The van der Waals surface area contributed by atoms with E-state index < -0.39 is 0 Å². The van der Waals surface area contributed by atoms with Crippen molar-refractivity contribution in [2.45, 2.75) is 6.92 Å². The molecule has 0 fully saturated rings. The van der Waals surface area contributed by atoms with Crippen LogP contribution < -0.4 is 5.32 Å². The van der Waals surface area contributed by atoms with Gasteiger partial charge >= 0.3 is 5.97 Å². The second kappa shape index (κ2) is 5.86. The molecular weight excluding hydrogens is 336 g/mol. The number of carbonyl (C=O) groups is 1. The maximum Gasteiger partial charge on any atom is 0.337 e. The number of esters is 1. The molecule has 0 bridgehead atoms. The fraction of sp³-hybridized carbons (Fsp3) is 0.167. The van der Waals surface area contributed by atoms with Crippen LogP contribution in [0.15, 0.2) is 36.4 Å². The quantitative estimate of drug-likeness (QED) is 0.564. The molecule has 2 aromatic carbocycles. The number of nitrogens with one attached hydrogen (secondary N) is 1. The standard InChI is InChI=1S/C18H16N4O2S/c1-10-4-6-12-15(8-10)25-18(20-12)21-17-19-13-9-11(16(23)24-3)5-7-14(13)22(17)2/h4-9H,1-3H3,(H,19,20,21). The van der Waals surface area contributed by atoms with Crippen LogP contribution in [-0.2, 0) is 11.8 Å². The van der Waals surface area contributed by atoms with Crippen LogP contribution in [0, 0.1) is 6.92 Å². The molecule has 4 aromatic rings. The first kappa shape index (κ1) is 15.6. The molecule has 0 atom stereocenters. The summed E-state index contributed by atoms with van der Waals surface area (Å²) >= 11 is 1.59. The third kappa shape index (κ3) is 2.72. The zero-order valence-electron chi connectivity index (χ0n) is 14.0. The Labute approximate surface area is 148 Å². The number of imidazole rings is 1. The molecule has 4 rings (SSSR count). The van der Waals surface area contributed by atoms with Crippen LogP contribution in [0.1, 0.15) is 15.9 Å². The van der Waals surface area contributed by atoms with Gasteiger partial charge in [0.25, 0.3) is 0 Å². The molecule has 2 heterocycles. The molecule has 0 unspecified atom stereocenters. The molecular formula is C18H16N4O2S. The topological polar surface area (TPSA) is 69.0 Å². The van der Waals surface area contributed by atoms with Crippen molar-refractivity contribution in [3.63, 3.8) is 0 Å². The first-order chi connectivity index (χ1) is 12.0. The van der Waals surface area contributed by atoms with Crippen LogP contribution in [0.2, 0.25) is 0 Å². The van der Waals surface area contributed by atoms with Crippen LogP contribution in [0.3, 0.4) is 0 Å². The molecule has 6 nitrogen and oxygen atoms in total. The molecule has 0 amide bonds. The fourth-order valence-electron chi connectivity index (χ4n) is 2.74. The Kier molecular flexibility index (Phi) is 3.65. The van der Waals surface area contributed by atoms with Gasteiger partial charge in [0, 0.05) is 7.05 Å². The number of anilines is 2. The molecule has 7 heteroatoms. The summed E-state index contributed by atoms with van der Waals surface area (Å²) in [5, 5.41) is 4.06. The highest BCUT2D eigenvalue weighted by Gasteiger charge is 2.13. The van der Waals surface area contributed by atoms with E-state index >= 15 is 0 Å². The zero-order chi connectivity index (χ0) is 17.6. The van der Waals surface area contributed by atoms with E-state index in [0.29, 0.717) is 11.5 Å². The predicted octanol–water partition coefficient (Wildman–Crippen LogP) is 4.02. The zero-order valence-corrected chi connectivity index (χ0v) is 14.8. The number of hydrogen-bond donors (Lipinski definition) is 1. The monoisotopic (exact) mass is 352 g/mol. The minimum absolute atomic E-state index is 0.372. The highest BCUT2D eigenvalue weighted by molar-refractivity contribution is 7.22. The van der Waals surface area contributed by atoms with Gasteiger partial charge in [0.15, 0.2) is 5.13 Å². The number of carbonyl (C=O) groups excluding carboxylic acids is 1. The van der Waals surface area contributed by atoms with Crippen LogP contribution in [0.4, 0.5) is 11.1 Å². The Morgan fingerprint density at radius 3 is 2.80 bits per heavy atom. The molecule has 126 valence electrons. The van der Waals surface area contributed by atoms with Crippen molar-refractivity contribution in [3.05, 3.63) is 47.5 Å². The van der Waals surface area contributed by atoms with Gasteiger partial charge in [-0.05, 0) is 42.8 Å². The Morgan fingerprint density at radius 1 is 1.16 bits per heavy atom. The number of methoxy groups -OCH3 is 1. The smallest absolute Gasteiger partial charge is 0.337 e. The Balaban J connectivity index is 1.72. The van der Waals surface area contributed by atoms with E-state index in [1.165, 1.54) is 12.7 Å². The Bertz CT molecular complexity index is 1110. The summed E-state index contributed by atoms with van der Waals surface area (Å²) in [5.41, 5.74) is 4.30. The maximum absolute atomic E-state index is 11.7. The van der Waals surface area contributed by atoms with Gasteiger partial charge in [0.2, 0.25) is 5.95 Å². The number of benzene rings is 2. The van der Waals surface area contributed by atoms with Crippen molar-refractivity contribution in [3.8, 4) is 0 Å². The van der Waals surface area contributed by atoms with E-state index in [1.54, 1.807) is 23.5 Å². The summed E-state index contributed by atoms with van der Waals surface area (Å²) in [6.45, 7) is 2.07. The lowest BCUT2D eigenvalue weighted by Crippen LogP contribution is -2.00. The summed E-state index contributed by atoms with van der Waals surface area (Å²) in [5.74, 6) is 0.302. The van der Waals surface area contributed by atoms with Gasteiger partial charge < -0.3 is 14.6 Å². The molecule has 25 heavy (non-hydrogen) atoms. The summed E-state index contributed by atoms with van der Waals surface area (Å²) in [4.78, 5) is 20.9. The van der Waals surface area contributed by atoms with Gasteiger partial charge in [-0.2, -0.15) is 0 Å². The average Bonchev–Trinajstić information content (AvgIpc) is 3.14. The van der Waals surface area contributed by atoms with Crippen LogP contribution in [0.5, 0.6) is 0 Å². The third-order valence-corrected chi connectivity index (χ3v) is 5.00. The van der Waals surface area contributed by atoms with Gasteiger partial charge in [-0.15, -0.1) is 0 Å². The van der Waals surface area contributed by atoms with E-state index in [2.05, 4.69) is 34.3 Å². The predicted molar refractivity (Wildman–Crippen MR) is 99.7 cm³/mol. The van der Waals surface area contributed by atoms with Gasteiger partial charge in [-0.1, -0.05) is 17.4 Å². The van der Waals surface area contributed by atoms with E-state index in [4.69, 9.17) is 4.74 Å². The molecule has 1 N–H and O–H groups in total. The minimum Gasteiger partial charge on any atom is -0.465 e. The van der Waals surface area contributed by atoms with Crippen molar-refractivity contribution in [2.24, 2.45) is 7.05 Å². The van der Waals surface area contributed by atoms with E-state index in [1.807, 2.05) is 23.7 Å². The number of aromatic nitrogens is 3. The van der Waals surface area contributed by atoms with Gasteiger partial charge in [-0.25, -0.2) is 14.8 Å². The molecule has 0 saturated heterocycles. The summed E-state index contributed by atoms with van der Waals surface area (Å²) in [7, 11) is 3.29. The fourth-order valence-corrected chi connectivity index (χ4v) is 3.70. The summed E-state index contributed by atoms with van der Waals surface area (Å²) < 4.78 is 7.84. The van der Waals surface area contributed by atoms with Crippen LogP contribution in [-0.4, -0.2) is 27.6 Å². The lowest BCUT2D eigenvalue weighted by atomic mass is 10.2. The lowest BCUT2D eigenvalue weighted by molar-refractivity contribution is 0.0601. The first-order valence-electron chi connectivity index (χ1n) is 7.74. The number of nitrogens with zero attached hydrogens (tertiary/aromatic N) is 3. The van der Waals surface area contributed by atoms with Crippen LogP contribution in [0.25, 0.3) is 21.3 Å². The van der Waals surface area contributed by atoms with E-state index in [9.17, 15) is 4.79 Å². The second-order valence-electron chi connectivity index (χ2n) is 5.80. The highest BCUT2D eigenvalue weighted by Crippen LogP contribution is 2.30. The summed E-state index contributed by atoms with van der Waals surface area (Å²) in [6.07, 6.45) is 0. The Morgan fingerprint density at radius 2 is 2.00 bits per heavy atom. The molecule has 2 aromatic heterocycles. The number of fused-ring (bicyclic) bond motifs is 2. The van der Waals surface area contributed by atoms with Crippen LogP contribution >= 0.6 is 11.3 Å². The number of aryl methyl sites for hydroxylation is 2. The number of ether oxygens (including phenoxy) is 1. The van der Waals surface area contributed by atoms with E-state index in [-0.39, 0.29) is 5.97 Å². The first-order valence-corrected chi connectivity index (χ1v) is 8.56. The van der Waals surface area contributed by atoms with Crippen molar-refractivity contribution in [1.82, 2.24) is 14.5 Å². The molecule has 0 aliphatic carbocycles. The number of rotatable bonds is 3. The van der Waals surface area contributed by atoms with E-state index in [0.717, 1.165) is 26.4 Å². The van der Waals surface area contributed by atoms with Gasteiger partial charge in [0.1, 0.15) is 0 Å². The third-order valence-electron chi connectivity index (χ3n) is 4.06. The molecule has 0 aliphatic rings. The molecule has 0 spiro atoms. The average molecular weight is 352 g/mol.